The molecule has 3 N–H and O–H groups in total. The zero-order chi connectivity index (χ0) is 16.4. The van der Waals surface area contributed by atoms with Gasteiger partial charge < -0.3 is 15.3 Å². The predicted molar refractivity (Wildman–Crippen MR) is 94.1 cm³/mol. The second-order valence-electron chi connectivity index (χ2n) is 5.77. The van der Waals surface area contributed by atoms with Crippen molar-refractivity contribution in [2.24, 2.45) is 0 Å². The van der Waals surface area contributed by atoms with Gasteiger partial charge in [0.2, 0.25) is 0 Å². The Morgan fingerprint density at radius 1 is 0.478 bits per heavy atom. The third-order valence-corrected chi connectivity index (χ3v) is 6.07. The van der Waals surface area contributed by atoms with Gasteiger partial charge in [-0.25, -0.2) is 0 Å². The molecule has 3 aromatic carbocycles. The minimum absolute atomic E-state index is 0.231. The Balaban J connectivity index is 2.21. The molecule has 0 aliphatic carbocycles. The fourth-order valence-electron chi connectivity index (χ4n) is 2.88. The summed E-state index contributed by atoms with van der Waals surface area (Å²) in [6.07, 6.45) is 0. The van der Waals surface area contributed by atoms with Gasteiger partial charge in [-0.05, 0) is 53.1 Å². The van der Waals surface area contributed by atoms with Crippen molar-refractivity contribution in [3.8, 4) is 17.2 Å². The van der Waals surface area contributed by atoms with Crippen LogP contribution in [0.2, 0.25) is 0 Å². The van der Waals surface area contributed by atoms with E-state index in [1.807, 2.05) is 36.4 Å². The topological polar surface area (TPSA) is 60.7 Å². The molecule has 0 aliphatic rings. The molecular formula is C19H18O3Si. The van der Waals surface area contributed by atoms with Crippen molar-refractivity contribution in [1.82, 2.24) is 0 Å². The van der Waals surface area contributed by atoms with Crippen LogP contribution in [0.15, 0.2) is 72.8 Å². The molecule has 3 nitrogen and oxygen atoms in total. The minimum atomic E-state index is -0.338. The average molecular weight is 322 g/mol. The molecule has 0 amide bonds. The molecule has 0 heterocycles. The van der Waals surface area contributed by atoms with Crippen LogP contribution in [0.25, 0.3) is 0 Å². The number of hydrogen-bond donors (Lipinski definition) is 3. The summed E-state index contributed by atoms with van der Waals surface area (Å²) in [6.45, 7) is 0. The Morgan fingerprint density at radius 3 is 0.913 bits per heavy atom. The van der Waals surface area contributed by atoms with Crippen LogP contribution in [0.3, 0.4) is 0 Å². The number of phenols is 3. The first-order valence-electron chi connectivity index (χ1n) is 7.38. The number of aromatic hydroxyl groups is 3. The Labute approximate surface area is 137 Å². The Kier molecular flexibility index (Phi) is 3.84. The highest BCUT2D eigenvalue weighted by Gasteiger charge is 2.31. The van der Waals surface area contributed by atoms with E-state index in [-0.39, 0.29) is 22.3 Å². The molecule has 0 saturated heterocycles. The van der Waals surface area contributed by atoms with Gasteiger partial charge >= 0.3 is 0 Å². The largest absolute Gasteiger partial charge is 0.508 e. The van der Waals surface area contributed by atoms with E-state index in [2.05, 4.69) is 0 Å². The molecule has 0 aliphatic heterocycles. The summed E-state index contributed by atoms with van der Waals surface area (Å²) < 4.78 is 0. The van der Waals surface area contributed by atoms with Gasteiger partial charge in [0.15, 0.2) is 0 Å². The van der Waals surface area contributed by atoms with Gasteiger partial charge in [-0.2, -0.15) is 0 Å². The predicted octanol–water partition coefficient (Wildman–Crippen LogP) is 2.46. The SMILES string of the molecule is Oc1ccc(C([SiH3])(c2ccc(O)cc2)c2ccc(O)cc2)cc1. The highest BCUT2D eigenvalue weighted by atomic mass is 28.1. The molecule has 3 rings (SSSR count). The molecule has 0 bridgehead atoms. The Bertz CT molecular complexity index is 683. The summed E-state index contributed by atoms with van der Waals surface area (Å²) >= 11 is 0. The van der Waals surface area contributed by atoms with Crippen LogP contribution in [-0.4, -0.2) is 25.6 Å². The van der Waals surface area contributed by atoms with Crippen LogP contribution >= 0.6 is 0 Å². The van der Waals surface area contributed by atoms with Gasteiger partial charge in [-0.15, -0.1) is 0 Å². The van der Waals surface area contributed by atoms with E-state index in [1.165, 1.54) is 0 Å². The number of rotatable bonds is 3. The van der Waals surface area contributed by atoms with Gasteiger partial charge in [0.05, 0.1) is 0 Å². The maximum atomic E-state index is 9.58. The highest BCUT2D eigenvalue weighted by Crippen LogP contribution is 2.37. The zero-order valence-corrected chi connectivity index (χ0v) is 14.8. The van der Waals surface area contributed by atoms with Crippen molar-refractivity contribution in [2.45, 2.75) is 5.04 Å². The van der Waals surface area contributed by atoms with Crippen LogP contribution in [-0.2, 0) is 5.04 Å². The van der Waals surface area contributed by atoms with Crippen LogP contribution in [0.1, 0.15) is 16.7 Å². The molecule has 0 unspecified atom stereocenters. The van der Waals surface area contributed by atoms with E-state index >= 15 is 0 Å². The average Bonchev–Trinajstić information content (AvgIpc) is 2.56. The lowest BCUT2D eigenvalue weighted by atomic mass is 9.83. The third-order valence-electron chi connectivity index (χ3n) is 4.33. The van der Waals surface area contributed by atoms with E-state index in [0.29, 0.717) is 0 Å². The lowest BCUT2D eigenvalue weighted by Gasteiger charge is -2.32. The normalized spacial score (nSPS) is 11.5. The molecule has 0 saturated carbocycles. The second-order valence-corrected chi connectivity index (χ2v) is 7.27. The fourth-order valence-corrected chi connectivity index (χ4v) is 3.88. The molecule has 23 heavy (non-hydrogen) atoms. The van der Waals surface area contributed by atoms with Crippen molar-refractivity contribution in [3.05, 3.63) is 89.5 Å². The first-order valence-corrected chi connectivity index (χ1v) is 8.38. The third kappa shape index (κ3) is 2.81. The summed E-state index contributed by atoms with van der Waals surface area (Å²) in [5, 5.41) is 28.4. The van der Waals surface area contributed by atoms with Crippen molar-refractivity contribution in [3.63, 3.8) is 0 Å². The molecule has 4 heteroatoms. The maximum absolute atomic E-state index is 9.58. The Hall–Kier alpha value is -2.72. The number of hydrogen-bond acceptors (Lipinski definition) is 3. The Morgan fingerprint density at radius 2 is 0.696 bits per heavy atom. The number of phenolic OH excluding ortho intramolecular Hbond substituents is 3. The van der Waals surface area contributed by atoms with E-state index < -0.39 is 0 Å². The molecular weight excluding hydrogens is 304 g/mol. The fraction of sp³-hybridized carbons (Fsp3) is 0.0526. The summed E-state index contributed by atoms with van der Waals surface area (Å²) in [6, 6.07) is 21.6. The van der Waals surface area contributed by atoms with Crippen LogP contribution in [0.4, 0.5) is 0 Å². The van der Waals surface area contributed by atoms with Gasteiger partial charge in [-0.1, -0.05) is 36.4 Å². The van der Waals surface area contributed by atoms with Crippen LogP contribution in [0.5, 0.6) is 17.2 Å². The smallest absolute Gasteiger partial charge is 0.115 e. The van der Waals surface area contributed by atoms with Crippen LogP contribution < -0.4 is 0 Å². The van der Waals surface area contributed by atoms with E-state index in [9.17, 15) is 15.3 Å². The molecule has 3 aromatic rings. The monoisotopic (exact) mass is 322 g/mol. The van der Waals surface area contributed by atoms with Gasteiger partial charge in [-0.3, -0.25) is 0 Å². The molecule has 0 aromatic heterocycles. The summed E-state index contributed by atoms with van der Waals surface area (Å²) in [4.78, 5) is 0. The molecule has 116 valence electrons. The van der Waals surface area contributed by atoms with E-state index in [0.717, 1.165) is 26.9 Å². The van der Waals surface area contributed by atoms with Crippen molar-refractivity contribution < 1.29 is 15.3 Å². The first kappa shape index (κ1) is 15.2. The summed E-state index contributed by atoms with van der Waals surface area (Å²) in [5.74, 6) is 0.692. The minimum Gasteiger partial charge on any atom is -0.508 e. The summed E-state index contributed by atoms with van der Waals surface area (Å²) in [5.41, 5.74) is 3.20. The standard InChI is InChI=1S/C19H18O3Si/c20-16-7-1-13(2-8-16)19(23,14-3-9-17(21)10-4-14)15-5-11-18(22)12-6-15/h1-12,20-22H,23H3. The number of benzene rings is 3. The lowest BCUT2D eigenvalue weighted by molar-refractivity contribution is 0.475. The van der Waals surface area contributed by atoms with Crippen molar-refractivity contribution in [2.75, 3.05) is 0 Å². The first-order chi connectivity index (χ1) is 11.0. The second kappa shape index (κ2) is 5.82. The summed E-state index contributed by atoms with van der Waals surface area (Å²) in [7, 11) is 0.780. The van der Waals surface area contributed by atoms with Crippen LogP contribution in [0, 0.1) is 0 Å². The van der Waals surface area contributed by atoms with E-state index in [4.69, 9.17) is 0 Å². The molecule has 0 fully saturated rings. The van der Waals surface area contributed by atoms with Gasteiger partial charge in [0, 0.05) is 15.3 Å². The van der Waals surface area contributed by atoms with Crippen molar-refractivity contribution in [1.29, 1.82) is 0 Å². The molecule has 0 radical (unpaired) electrons. The molecule has 0 atom stereocenters. The zero-order valence-electron chi connectivity index (χ0n) is 12.8. The van der Waals surface area contributed by atoms with E-state index in [1.54, 1.807) is 36.4 Å². The molecule has 0 spiro atoms. The van der Waals surface area contributed by atoms with Gasteiger partial charge in [0.25, 0.3) is 0 Å². The quantitative estimate of drug-likeness (QED) is 0.513. The highest BCUT2D eigenvalue weighted by molar-refractivity contribution is 6.20. The lowest BCUT2D eigenvalue weighted by Crippen LogP contribution is -2.29. The van der Waals surface area contributed by atoms with Gasteiger partial charge in [0.1, 0.15) is 17.2 Å². The maximum Gasteiger partial charge on any atom is 0.115 e. The van der Waals surface area contributed by atoms with Crippen molar-refractivity contribution >= 4 is 10.2 Å².